The van der Waals surface area contributed by atoms with Gasteiger partial charge >= 0.3 is 0 Å². The molecule has 3 atom stereocenters. The van der Waals surface area contributed by atoms with Crippen molar-refractivity contribution in [1.82, 2.24) is 14.5 Å². The van der Waals surface area contributed by atoms with E-state index in [1.807, 2.05) is 24.3 Å². The summed E-state index contributed by atoms with van der Waals surface area (Å²) in [4.78, 5) is 18.3. The molecule has 47 heavy (non-hydrogen) atoms. The van der Waals surface area contributed by atoms with Crippen LogP contribution in [0.5, 0.6) is 5.88 Å². The molecule has 3 saturated heterocycles. The molecule has 0 bridgehead atoms. The number of hydrogen-bond donors (Lipinski definition) is 0. The third kappa shape index (κ3) is 6.39. The average molecular weight is 642 g/mol. The van der Waals surface area contributed by atoms with Crippen molar-refractivity contribution in [2.24, 2.45) is 5.92 Å². The Labute approximate surface area is 273 Å². The maximum absolute atomic E-state index is 14.9. The normalized spacial score (nSPS) is 22.9. The Morgan fingerprint density at radius 3 is 2.70 bits per heavy atom. The maximum atomic E-state index is 14.9. The molecule has 0 N–H and O–H groups in total. The van der Waals surface area contributed by atoms with E-state index in [0.29, 0.717) is 50.3 Å². The number of carbonyl (C=O) groups excluding carboxylic acids is 1. The van der Waals surface area contributed by atoms with Crippen molar-refractivity contribution in [3.05, 3.63) is 94.1 Å². The molecular formula is C37H40FN3O6. The van der Waals surface area contributed by atoms with Gasteiger partial charge in [-0.15, -0.1) is 0 Å². The second-order valence-corrected chi connectivity index (χ2v) is 13.3. The second kappa shape index (κ2) is 13.4. The molecule has 4 aliphatic rings. The quantitative estimate of drug-likeness (QED) is 0.200. The highest BCUT2D eigenvalue weighted by molar-refractivity contribution is 5.82. The molecule has 0 amide bonds. The fraction of sp³-hybridized carbons (Fsp3) is 0.459. The Hall–Kier alpha value is -3.83. The van der Waals surface area contributed by atoms with Crippen LogP contribution in [0.1, 0.15) is 58.3 Å². The van der Waals surface area contributed by atoms with Crippen LogP contribution in [0.3, 0.4) is 0 Å². The van der Waals surface area contributed by atoms with E-state index in [2.05, 4.69) is 33.7 Å². The number of carbonyl (C=O) groups is 1. The number of ether oxygens (including phenoxy) is 5. The lowest BCUT2D eigenvalue weighted by Crippen LogP contribution is -2.41. The molecule has 0 radical (unpaired) electrons. The number of rotatable bonds is 11. The summed E-state index contributed by atoms with van der Waals surface area (Å²) in [6, 6.07) is 17.9. The highest BCUT2D eigenvalue weighted by Crippen LogP contribution is 2.38. The van der Waals surface area contributed by atoms with Gasteiger partial charge in [0.15, 0.2) is 0 Å². The molecule has 10 heteroatoms. The van der Waals surface area contributed by atoms with Gasteiger partial charge in [0.25, 0.3) is 6.47 Å². The van der Waals surface area contributed by atoms with E-state index in [-0.39, 0.29) is 37.0 Å². The fourth-order valence-electron chi connectivity index (χ4n) is 7.41. The van der Waals surface area contributed by atoms with Crippen LogP contribution in [-0.2, 0) is 56.7 Å². The van der Waals surface area contributed by atoms with E-state index < -0.39 is 0 Å². The Morgan fingerprint density at radius 2 is 1.91 bits per heavy atom. The van der Waals surface area contributed by atoms with Crippen molar-refractivity contribution in [3.8, 4) is 5.88 Å². The summed E-state index contributed by atoms with van der Waals surface area (Å²) in [6.45, 7) is 7.69. The van der Waals surface area contributed by atoms with Gasteiger partial charge in [0.1, 0.15) is 19.0 Å². The molecule has 8 rings (SSSR count). The largest absolute Gasteiger partial charge is 0.473 e. The van der Waals surface area contributed by atoms with Gasteiger partial charge in [-0.3, -0.25) is 9.69 Å². The van der Waals surface area contributed by atoms with E-state index in [1.165, 1.54) is 11.1 Å². The van der Waals surface area contributed by atoms with Gasteiger partial charge in [0.2, 0.25) is 5.88 Å². The Kier molecular flexibility index (Phi) is 8.66. The molecule has 6 heterocycles. The van der Waals surface area contributed by atoms with E-state index >= 15 is 0 Å². The first-order valence-corrected chi connectivity index (χ1v) is 16.7. The molecule has 0 unspecified atom stereocenters. The molecule has 246 valence electrons. The van der Waals surface area contributed by atoms with Crippen molar-refractivity contribution < 1.29 is 32.9 Å². The van der Waals surface area contributed by atoms with Crippen molar-refractivity contribution in [2.45, 2.75) is 63.7 Å². The van der Waals surface area contributed by atoms with Gasteiger partial charge in [-0.2, -0.15) is 0 Å². The number of pyridine rings is 1. The first-order chi connectivity index (χ1) is 23.1. The second-order valence-electron chi connectivity index (χ2n) is 13.3. The van der Waals surface area contributed by atoms with Gasteiger partial charge in [0, 0.05) is 66.8 Å². The van der Waals surface area contributed by atoms with Gasteiger partial charge in [0.05, 0.1) is 38.2 Å². The predicted octanol–water partition coefficient (Wildman–Crippen LogP) is 5.47. The van der Waals surface area contributed by atoms with Crippen molar-refractivity contribution in [3.63, 3.8) is 0 Å². The monoisotopic (exact) mass is 641 g/mol. The molecule has 0 aliphatic carbocycles. The third-order valence-electron chi connectivity index (χ3n) is 10.2. The van der Waals surface area contributed by atoms with Gasteiger partial charge in [-0.25, -0.2) is 9.37 Å². The van der Waals surface area contributed by atoms with Crippen LogP contribution in [0.2, 0.25) is 0 Å². The molecule has 2 aromatic heterocycles. The van der Waals surface area contributed by atoms with E-state index in [9.17, 15) is 9.18 Å². The molecule has 0 spiro atoms. The van der Waals surface area contributed by atoms with Crippen LogP contribution in [0.25, 0.3) is 10.9 Å². The number of halogens is 1. The minimum absolute atomic E-state index is 0.128. The minimum atomic E-state index is -0.253. The first-order valence-electron chi connectivity index (χ1n) is 16.7. The molecule has 0 saturated carbocycles. The summed E-state index contributed by atoms with van der Waals surface area (Å²) < 4.78 is 45.6. The molecule has 3 fully saturated rings. The topological polar surface area (TPSA) is 84.3 Å². The zero-order chi connectivity index (χ0) is 31.7. The summed E-state index contributed by atoms with van der Waals surface area (Å²) in [6.07, 6.45) is 2.25. The van der Waals surface area contributed by atoms with E-state index in [1.54, 1.807) is 6.07 Å². The van der Waals surface area contributed by atoms with Crippen LogP contribution in [-0.4, -0.2) is 66.5 Å². The van der Waals surface area contributed by atoms with Crippen molar-refractivity contribution in [2.75, 3.05) is 39.5 Å². The molecule has 4 aliphatic heterocycles. The molecule has 4 aromatic rings. The maximum Gasteiger partial charge on any atom is 0.293 e. The smallest absolute Gasteiger partial charge is 0.293 e. The van der Waals surface area contributed by atoms with Crippen LogP contribution < -0.4 is 4.74 Å². The summed E-state index contributed by atoms with van der Waals surface area (Å²) in [5.41, 5.74) is 7.02. The summed E-state index contributed by atoms with van der Waals surface area (Å²) in [7, 11) is 0. The number of fused-ring (bicyclic) bond motifs is 4. The van der Waals surface area contributed by atoms with Crippen LogP contribution >= 0.6 is 0 Å². The molecule has 2 aromatic carbocycles. The van der Waals surface area contributed by atoms with E-state index in [0.717, 1.165) is 73.5 Å². The lowest BCUT2D eigenvalue weighted by atomic mass is 9.82. The van der Waals surface area contributed by atoms with Crippen LogP contribution in [0, 0.1) is 11.7 Å². The third-order valence-corrected chi connectivity index (χ3v) is 10.2. The standard InChI is InChI=1S/C37H40FN3O6/c38-34-13-25(30-20-44-21-30)3-4-27(34)22-47-36-6-5-28-18-43-19-29-14-40(9-7-33(29)37(28)39-36)15-31-12-26-2-1-24(17-45-23-42)11-35(26)41(31)16-32-8-10-46-32/h1-6,11-13,23,29-30,32-33H,7-10,14-22H2/t29-,32-,33-/m0/s1. The first kappa shape index (κ1) is 30.5. The minimum Gasteiger partial charge on any atom is -0.473 e. The Bertz CT molecular complexity index is 1750. The summed E-state index contributed by atoms with van der Waals surface area (Å²) in [5.74, 6) is 1.11. The van der Waals surface area contributed by atoms with Crippen molar-refractivity contribution in [1.29, 1.82) is 0 Å². The zero-order valence-corrected chi connectivity index (χ0v) is 26.4. The van der Waals surface area contributed by atoms with Gasteiger partial charge in [-0.05, 0) is 65.7 Å². The number of piperidine rings is 1. The lowest BCUT2D eigenvalue weighted by molar-refractivity contribution is -0.129. The Balaban J connectivity index is 0.965. The van der Waals surface area contributed by atoms with Crippen LogP contribution in [0.15, 0.2) is 54.6 Å². The average Bonchev–Trinajstić information content (AvgIpc) is 3.25. The Morgan fingerprint density at radius 1 is 1.00 bits per heavy atom. The highest BCUT2D eigenvalue weighted by Gasteiger charge is 2.35. The number of likely N-dealkylation sites (tertiary alicyclic amines) is 1. The van der Waals surface area contributed by atoms with Gasteiger partial charge in [-0.1, -0.05) is 24.3 Å². The zero-order valence-electron chi connectivity index (χ0n) is 26.4. The number of benzene rings is 2. The highest BCUT2D eigenvalue weighted by atomic mass is 19.1. The summed E-state index contributed by atoms with van der Waals surface area (Å²) >= 11 is 0. The number of hydrogen-bond acceptors (Lipinski definition) is 8. The lowest BCUT2D eigenvalue weighted by Gasteiger charge is -2.38. The van der Waals surface area contributed by atoms with Crippen molar-refractivity contribution >= 4 is 17.4 Å². The van der Waals surface area contributed by atoms with E-state index in [4.69, 9.17) is 28.7 Å². The number of nitrogens with zero attached hydrogens (tertiary/aromatic N) is 3. The molecule has 9 nitrogen and oxygen atoms in total. The SMILES string of the molecule is O=COCc1ccc2cc(CN3CC[C@@H]4c5nc(OCc6ccc(C7COC7)cc6F)ccc5COC[C@@H]4C3)n(C[C@@H]3CCO3)c2c1. The number of aromatic nitrogens is 2. The predicted molar refractivity (Wildman–Crippen MR) is 171 cm³/mol. The molecular weight excluding hydrogens is 601 g/mol. The van der Waals surface area contributed by atoms with Crippen LogP contribution in [0.4, 0.5) is 4.39 Å². The summed E-state index contributed by atoms with van der Waals surface area (Å²) in [5, 5.41) is 1.18. The fourth-order valence-corrected chi connectivity index (χ4v) is 7.41. The van der Waals surface area contributed by atoms with Gasteiger partial charge < -0.3 is 28.3 Å².